The van der Waals surface area contributed by atoms with Crippen molar-refractivity contribution in [2.24, 2.45) is 0 Å². The van der Waals surface area contributed by atoms with Gasteiger partial charge in [0.25, 0.3) is 0 Å². The molecule has 1 aliphatic carbocycles. The maximum atomic E-state index is 14.7. The number of fused-ring (bicyclic) bond motifs is 1. The van der Waals surface area contributed by atoms with Gasteiger partial charge in [-0.3, -0.25) is 0 Å². The second-order valence-corrected chi connectivity index (χ2v) is 7.84. The Hall–Kier alpha value is -2.67. The van der Waals surface area contributed by atoms with Gasteiger partial charge in [0.1, 0.15) is 11.6 Å². The van der Waals surface area contributed by atoms with Crippen LogP contribution in [0.25, 0.3) is 0 Å². The summed E-state index contributed by atoms with van der Waals surface area (Å²) in [7, 11) is 2.07. The van der Waals surface area contributed by atoms with E-state index in [9.17, 15) is 13.6 Å². The maximum Gasteiger partial charge on any atom is 0.319 e. The van der Waals surface area contributed by atoms with Crippen LogP contribution >= 0.6 is 0 Å². The van der Waals surface area contributed by atoms with Gasteiger partial charge >= 0.3 is 6.03 Å². The third kappa shape index (κ3) is 4.50. The lowest BCUT2D eigenvalue weighted by Crippen LogP contribution is -2.32. The molecule has 7 heteroatoms. The highest BCUT2D eigenvalue weighted by Gasteiger charge is 2.24. The molecule has 2 aliphatic rings. The molecule has 0 aromatic heterocycles. The molecule has 2 amide bonds. The Bertz CT molecular complexity index is 904. The molecule has 1 aliphatic heterocycles. The van der Waals surface area contributed by atoms with Crippen LogP contribution in [-0.4, -0.2) is 44.2 Å². The number of urea groups is 1. The van der Waals surface area contributed by atoms with E-state index >= 15 is 0 Å². The number of anilines is 2. The number of likely N-dealkylation sites (N-methyl/N-ethyl adjacent to an activating group) is 1. The van der Waals surface area contributed by atoms with Gasteiger partial charge in [0.2, 0.25) is 0 Å². The summed E-state index contributed by atoms with van der Waals surface area (Å²) < 4.78 is 28.0. The Kier molecular flexibility index (Phi) is 5.67. The smallest absolute Gasteiger partial charge is 0.319 e. The number of carbonyl (C=O) groups excluding carboxylic acids is 1. The average molecular weight is 400 g/mol. The number of carbonyl (C=O) groups is 1. The summed E-state index contributed by atoms with van der Waals surface area (Å²) in [6.07, 6.45) is 2.44. The van der Waals surface area contributed by atoms with Crippen LogP contribution in [0.15, 0.2) is 36.4 Å². The molecule has 0 bridgehead atoms. The Balaban J connectivity index is 1.39. The molecule has 0 saturated carbocycles. The molecule has 1 saturated heterocycles. The number of nitrogens with zero attached hydrogens (tertiary/aromatic N) is 2. The minimum Gasteiger partial charge on any atom is -0.368 e. The Morgan fingerprint density at radius 1 is 1.07 bits per heavy atom. The highest BCUT2D eigenvalue weighted by molar-refractivity contribution is 5.89. The number of benzene rings is 2. The summed E-state index contributed by atoms with van der Waals surface area (Å²) >= 11 is 0. The second-order valence-electron chi connectivity index (χ2n) is 7.84. The van der Waals surface area contributed by atoms with Crippen LogP contribution in [0.4, 0.5) is 25.0 Å². The standard InChI is InChI=1S/C22H26F2N4O/c1-27-9-2-10-28(12-11-27)21-8-5-17(14-19(21)24)25-22(29)26-20-7-3-15-13-16(23)4-6-18(15)20/h4-6,8,13-14,20H,2-3,7,9-12H2,1H3,(H2,25,26,29)/t20-/m0/s1. The van der Waals surface area contributed by atoms with Crippen molar-refractivity contribution in [2.75, 3.05) is 43.4 Å². The van der Waals surface area contributed by atoms with E-state index in [1.165, 1.54) is 18.2 Å². The Morgan fingerprint density at radius 3 is 2.76 bits per heavy atom. The van der Waals surface area contributed by atoms with E-state index in [1.54, 1.807) is 18.2 Å². The first-order valence-electron chi connectivity index (χ1n) is 10.1. The van der Waals surface area contributed by atoms with Crippen LogP contribution in [0.2, 0.25) is 0 Å². The van der Waals surface area contributed by atoms with Crippen LogP contribution < -0.4 is 15.5 Å². The molecule has 2 N–H and O–H groups in total. The zero-order valence-corrected chi connectivity index (χ0v) is 16.5. The van der Waals surface area contributed by atoms with Crippen molar-refractivity contribution in [2.45, 2.75) is 25.3 Å². The van der Waals surface area contributed by atoms with Gasteiger partial charge in [-0.1, -0.05) is 6.07 Å². The molecular formula is C22H26F2N4O. The highest BCUT2D eigenvalue weighted by Crippen LogP contribution is 2.31. The summed E-state index contributed by atoms with van der Waals surface area (Å²) in [6.45, 7) is 3.50. The van der Waals surface area contributed by atoms with E-state index in [4.69, 9.17) is 0 Å². The summed E-state index contributed by atoms with van der Waals surface area (Å²) in [5, 5.41) is 5.61. The number of nitrogens with one attached hydrogen (secondary N) is 2. The van der Waals surface area contributed by atoms with Gasteiger partial charge in [-0.05, 0) is 74.3 Å². The van der Waals surface area contributed by atoms with Crippen LogP contribution in [0.5, 0.6) is 0 Å². The maximum absolute atomic E-state index is 14.7. The summed E-state index contributed by atoms with van der Waals surface area (Å²) in [6, 6.07) is 8.90. The van der Waals surface area contributed by atoms with Gasteiger partial charge in [-0.2, -0.15) is 0 Å². The fourth-order valence-electron chi connectivity index (χ4n) is 4.19. The lowest BCUT2D eigenvalue weighted by atomic mass is 10.1. The van der Waals surface area contributed by atoms with Gasteiger partial charge in [-0.15, -0.1) is 0 Å². The van der Waals surface area contributed by atoms with Gasteiger partial charge in [0.05, 0.1) is 11.7 Å². The molecule has 1 fully saturated rings. The SMILES string of the molecule is CN1CCCN(c2ccc(NC(=O)N[C@H]3CCc4cc(F)ccc43)cc2F)CC1. The molecule has 2 aromatic rings. The lowest BCUT2D eigenvalue weighted by Gasteiger charge is -2.23. The molecule has 1 heterocycles. The molecule has 5 nitrogen and oxygen atoms in total. The van der Waals surface area contributed by atoms with Crippen molar-refractivity contribution in [3.8, 4) is 0 Å². The Morgan fingerprint density at radius 2 is 1.93 bits per heavy atom. The fraction of sp³-hybridized carbons (Fsp3) is 0.409. The highest BCUT2D eigenvalue weighted by atomic mass is 19.1. The quantitative estimate of drug-likeness (QED) is 0.821. The largest absolute Gasteiger partial charge is 0.368 e. The van der Waals surface area contributed by atoms with Gasteiger partial charge < -0.3 is 20.4 Å². The number of hydrogen-bond acceptors (Lipinski definition) is 3. The minimum atomic E-state index is -0.393. The fourth-order valence-corrected chi connectivity index (χ4v) is 4.19. The van der Waals surface area contributed by atoms with E-state index < -0.39 is 6.03 Å². The Labute approximate surface area is 169 Å². The predicted octanol–water partition coefficient (Wildman–Crippen LogP) is 3.92. The van der Waals surface area contributed by atoms with Crippen LogP contribution in [0, 0.1) is 11.6 Å². The van der Waals surface area contributed by atoms with Crippen molar-refractivity contribution < 1.29 is 13.6 Å². The average Bonchev–Trinajstić information content (AvgIpc) is 2.93. The molecule has 2 aromatic carbocycles. The molecule has 4 rings (SSSR count). The summed E-state index contributed by atoms with van der Waals surface area (Å²) in [4.78, 5) is 16.7. The van der Waals surface area contributed by atoms with Crippen LogP contribution in [0.3, 0.4) is 0 Å². The molecule has 0 spiro atoms. The number of amides is 2. The van der Waals surface area contributed by atoms with Crippen molar-refractivity contribution >= 4 is 17.4 Å². The minimum absolute atomic E-state index is 0.163. The molecule has 0 radical (unpaired) electrons. The normalized spacial score (nSPS) is 19.6. The van der Waals surface area contributed by atoms with Crippen LogP contribution in [0.1, 0.15) is 30.0 Å². The first kappa shape index (κ1) is 19.6. The van der Waals surface area contributed by atoms with E-state index in [2.05, 4.69) is 27.5 Å². The zero-order valence-electron chi connectivity index (χ0n) is 16.5. The third-order valence-corrected chi connectivity index (χ3v) is 5.75. The number of rotatable bonds is 3. The summed E-state index contributed by atoms with van der Waals surface area (Å²) in [5.74, 6) is -0.602. The molecule has 1 atom stereocenters. The number of aryl methyl sites for hydroxylation is 1. The van der Waals surface area contributed by atoms with E-state index in [0.29, 0.717) is 11.4 Å². The van der Waals surface area contributed by atoms with E-state index in [1.807, 2.05) is 0 Å². The predicted molar refractivity (Wildman–Crippen MR) is 110 cm³/mol. The molecule has 0 unspecified atom stereocenters. The number of halogens is 2. The monoisotopic (exact) mass is 400 g/mol. The topological polar surface area (TPSA) is 47.6 Å². The summed E-state index contributed by atoms with van der Waals surface area (Å²) in [5.41, 5.74) is 2.84. The van der Waals surface area contributed by atoms with E-state index in [0.717, 1.165) is 56.6 Å². The van der Waals surface area contributed by atoms with Gasteiger partial charge in [0.15, 0.2) is 0 Å². The molecular weight excluding hydrogens is 374 g/mol. The van der Waals surface area contributed by atoms with E-state index in [-0.39, 0.29) is 17.7 Å². The molecule has 29 heavy (non-hydrogen) atoms. The third-order valence-electron chi connectivity index (χ3n) is 5.75. The second kappa shape index (κ2) is 8.37. The molecule has 154 valence electrons. The van der Waals surface area contributed by atoms with Crippen molar-refractivity contribution in [3.05, 3.63) is 59.2 Å². The van der Waals surface area contributed by atoms with Crippen molar-refractivity contribution in [1.29, 1.82) is 0 Å². The van der Waals surface area contributed by atoms with Crippen molar-refractivity contribution in [1.82, 2.24) is 10.2 Å². The zero-order chi connectivity index (χ0) is 20.4. The van der Waals surface area contributed by atoms with Gasteiger partial charge in [-0.25, -0.2) is 13.6 Å². The van der Waals surface area contributed by atoms with Gasteiger partial charge in [0, 0.05) is 25.3 Å². The lowest BCUT2D eigenvalue weighted by molar-refractivity contribution is 0.248. The number of hydrogen-bond donors (Lipinski definition) is 2. The first-order valence-corrected chi connectivity index (χ1v) is 10.1. The first-order chi connectivity index (χ1) is 14.0. The van der Waals surface area contributed by atoms with Crippen LogP contribution in [-0.2, 0) is 6.42 Å². The van der Waals surface area contributed by atoms with Crippen molar-refractivity contribution in [3.63, 3.8) is 0 Å².